The van der Waals surface area contributed by atoms with E-state index >= 15 is 0 Å². The molecule has 1 aromatic rings. The third-order valence-electron chi connectivity index (χ3n) is 3.03. The third-order valence-corrected chi connectivity index (χ3v) is 3.23. The van der Waals surface area contributed by atoms with Gasteiger partial charge >= 0.3 is 5.97 Å². The normalized spacial score (nSPS) is 19.7. The van der Waals surface area contributed by atoms with Crippen LogP contribution in [0.1, 0.15) is 23.4 Å². The lowest BCUT2D eigenvalue weighted by molar-refractivity contribution is -0.146. The van der Waals surface area contributed by atoms with E-state index < -0.39 is 0 Å². The van der Waals surface area contributed by atoms with Crippen molar-refractivity contribution >= 4 is 23.5 Å². The maximum atomic E-state index is 12.1. The first-order chi connectivity index (χ1) is 8.61. The van der Waals surface area contributed by atoms with E-state index in [4.69, 9.17) is 20.8 Å². The molecule has 0 aliphatic carbocycles. The van der Waals surface area contributed by atoms with Gasteiger partial charge in [0, 0.05) is 13.1 Å². The number of ether oxygens (including phenoxy) is 1. The molecule has 2 heterocycles. The molecule has 1 saturated heterocycles. The summed E-state index contributed by atoms with van der Waals surface area (Å²) in [5, 5.41) is 0.180. The number of rotatable bonds is 2. The van der Waals surface area contributed by atoms with E-state index in [2.05, 4.69) is 0 Å². The monoisotopic (exact) mass is 271 g/mol. The van der Waals surface area contributed by atoms with Crippen LogP contribution in [0.2, 0.25) is 5.22 Å². The van der Waals surface area contributed by atoms with Gasteiger partial charge in [-0.3, -0.25) is 9.59 Å². The Hall–Kier alpha value is -1.49. The van der Waals surface area contributed by atoms with Gasteiger partial charge in [0.1, 0.15) is 0 Å². The Labute approximate surface area is 110 Å². The zero-order valence-electron chi connectivity index (χ0n) is 10.0. The number of carbonyl (C=O) groups excluding carboxylic acids is 2. The van der Waals surface area contributed by atoms with Crippen molar-refractivity contribution < 1.29 is 18.7 Å². The summed E-state index contributed by atoms with van der Waals surface area (Å²) < 4.78 is 9.78. The zero-order chi connectivity index (χ0) is 13.1. The predicted molar refractivity (Wildman–Crippen MR) is 64.4 cm³/mol. The number of furan rings is 1. The number of hydrogen-bond acceptors (Lipinski definition) is 4. The molecule has 0 bridgehead atoms. The van der Waals surface area contributed by atoms with Crippen LogP contribution in [0, 0.1) is 5.92 Å². The Kier molecular flexibility index (Phi) is 3.91. The molecule has 2 rings (SSSR count). The molecule has 18 heavy (non-hydrogen) atoms. The Morgan fingerprint density at radius 2 is 2.28 bits per heavy atom. The number of nitrogens with zero attached hydrogens (tertiary/aromatic N) is 1. The number of piperidine rings is 1. The van der Waals surface area contributed by atoms with Gasteiger partial charge in [-0.25, -0.2) is 0 Å². The molecule has 0 spiro atoms. The summed E-state index contributed by atoms with van der Waals surface area (Å²) in [5.41, 5.74) is 0. The highest BCUT2D eigenvalue weighted by Gasteiger charge is 2.30. The number of esters is 1. The summed E-state index contributed by atoms with van der Waals surface area (Å²) in [6.45, 7) is 0.981. The van der Waals surface area contributed by atoms with E-state index in [9.17, 15) is 9.59 Å². The molecule has 6 heteroatoms. The Balaban J connectivity index is 2.05. The fourth-order valence-corrected chi connectivity index (χ4v) is 2.25. The lowest BCUT2D eigenvalue weighted by Gasteiger charge is -2.30. The van der Waals surface area contributed by atoms with Gasteiger partial charge in [0.05, 0.1) is 13.0 Å². The Morgan fingerprint density at radius 1 is 1.50 bits per heavy atom. The van der Waals surface area contributed by atoms with Crippen molar-refractivity contribution in [3.8, 4) is 0 Å². The molecule has 1 amide bonds. The van der Waals surface area contributed by atoms with E-state index in [0.29, 0.717) is 13.1 Å². The Bertz CT molecular complexity index is 457. The van der Waals surface area contributed by atoms with Gasteiger partial charge in [0.15, 0.2) is 11.0 Å². The SMILES string of the molecule is COC(=O)[C@H]1CCCN(C(=O)c2ccc(Cl)o2)C1. The fourth-order valence-electron chi connectivity index (χ4n) is 2.11. The summed E-state index contributed by atoms with van der Waals surface area (Å²) in [4.78, 5) is 25.2. The van der Waals surface area contributed by atoms with E-state index in [1.807, 2.05) is 0 Å². The highest BCUT2D eigenvalue weighted by molar-refractivity contribution is 6.29. The molecular formula is C12H14ClNO4. The second kappa shape index (κ2) is 5.44. The van der Waals surface area contributed by atoms with Crippen LogP contribution in [0.15, 0.2) is 16.5 Å². The average molecular weight is 272 g/mol. The van der Waals surface area contributed by atoms with Crippen LogP contribution in [-0.4, -0.2) is 37.0 Å². The highest BCUT2D eigenvalue weighted by atomic mass is 35.5. The first kappa shape index (κ1) is 13.0. The molecule has 1 atom stereocenters. The summed E-state index contributed by atoms with van der Waals surface area (Å²) in [7, 11) is 1.36. The number of methoxy groups -OCH3 is 1. The number of likely N-dealkylation sites (tertiary alicyclic amines) is 1. The van der Waals surface area contributed by atoms with Gasteiger partial charge < -0.3 is 14.1 Å². The minimum absolute atomic E-state index is 0.180. The maximum absolute atomic E-state index is 12.1. The van der Waals surface area contributed by atoms with Crippen molar-refractivity contribution in [2.75, 3.05) is 20.2 Å². The minimum atomic E-state index is -0.273. The molecule has 0 unspecified atom stereocenters. The largest absolute Gasteiger partial charge is 0.469 e. The van der Waals surface area contributed by atoms with Gasteiger partial charge in [-0.15, -0.1) is 0 Å². The van der Waals surface area contributed by atoms with Crippen LogP contribution < -0.4 is 0 Å². The summed E-state index contributed by atoms with van der Waals surface area (Å²) >= 11 is 5.63. The van der Waals surface area contributed by atoms with Gasteiger partial charge in [0.2, 0.25) is 0 Å². The van der Waals surface area contributed by atoms with Crippen LogP contribution in [-0.2, 0) is 9.53 Å². The average Bonchev–Trinajstić information content (AvgIpc) is 2.83. The number of hydrogen-bond donors (Lipinski definition) is 0. The maximum Gasteiger partial charge on any atom is 0.310 e. The molecule has 0 N–H and O–H groups in total. The smallest absolute Gasteiger partial charge is 0.310 e. The molecule has 0 aromatic carbocycles. The number of carbonyl (C=O) groups is 2. The van der Waals surface area contributed by atoms with Crippen molar-refractivity contribution in [1.29, 1.82) is 0 Å². The van der Waals surface area contributed by atoms with Gasteiger partial charge in [-0.1, -0.05) is 0 Å². The van der Waals surface area contributed by atoms with Crippen molar-refractivity contribution in [3.05, 3.63) is 23.1 Å². The number of halogens is 1. The van der Waals surface area contributed by atoms with E-state index in [-0.39, 0.29) is 28.8 Å². The molecule has 1 aliphatic rings. The molecule has 1 aliphatic heterocycles. The molecule has 5 nitrogen and oxygen atoms in total. The fraction of sp³-hybridized carbons (Fsp3) is 0.500. The molecular weight excluding hydrogens is 258 g/mol. The van der Waals surface area contributed by atoms with Crippen LogP contribution in [0.4, 0.5) is 0 Å². The minimum Gasteiger partial charge on any atom is -0.469 e. The lowest BCUT2D eigenvalue weighted by Crippen LogP contribution is -2.42. The Morgan fingerprint density at radius 3 is 2.89 bits per heavy atom. The molecule has 1 fully saturated rings. The standard InChI is InChI=1S/C12H14ClNO4/c1-17-12(16)8-3-2-6-14(7-8)11(15)9-4-5-10(13)18-9/h4-5,8H,2-3,6-7H2,1H3/t8-/m0/s1. The van der Waals surface area contributed by atoms with Crippen molar-refractivity contribution in [2.24, 2.45) is 5.92 Å². The van der Waals surface area contributed by atoms with Crippen molar-refractivity contribution in [2.45, 2.75) is 12.8 Å². The topological polar surface area (TPSA) is 59.8 Å². The first-order valence-electron chi connectivity index (χ1n) is 5.74. The molecule has 1 aromatic heterocycles. The molecule has 0 saturated carbocycles. The summed E-state index contributed by atoms with van der Waals surface area (Å²) in [6.07, 6.45) is 1.52. The van der Waals surface area contributed by atoms with Gasteiger partial charge in [-0.05, 0) is 36.6 Å². The van der Waals surface area contributed by atoms with Crippen molar-refractivity contribution in [3.63, 3.8) is 0 Å². The first-order valence-corrected chi connectivity index (χ1v) is 6.12. The van der Waals surface area contributed by atoms with E-state index in [1.165, 1.54) is 19.2 Å². The number of amides is 1. The van der Waals surface area contributed by atoms with E-state index in [0.717, 1.165) is 12.8 Å². The predicted octanol–water partition coefficient (Wildman–Crippen LogP) is 1.96. The molecule has 0 radical (unpaired) electrons. The van der Waals surface area contributed by atoms with Crippen molar-refractivity contribution in [1.82, 2.24) is 4.90 Å². The van der Waals surface area contributed by atoms with Crippen LogP contribution >= 0.6 is 11.6 Å². The van der Waals surface area contributed by atoms with E-state index in [1.54, 1.807) is 4.90 Å². The second-order valence-corrected chi connectivity index (χ2v) is 4.59. The van der Waals surface area contributed by atoms with Crippen LogP contribution in [0.5, 0.6) is 0 Å². The third kappa shape index (κ3) is 2.67. The second-order valence-electron chi connectivity index (χ2n) is 4.22. The highest BCUT2D eigenvalue weighted by Crippen LogP contribution is 2.21. The quantitative estimate of drug-likeness (QED) is 0.772. The van der Waals surface area contributed by atoms with Gasteiger partial charge in [0.25, 0.3) is 5.91 Å². The van der Waals surface area contributed by atoms with Gasteiger partial charge in [-0.2, -0.15) is 0 Å². The summed E-state index contributed by atoms with van der Waals surface area (Å²) in [5.74, 6) is -0.566. The lowest BCUT2D eigenvalue weighted by atomic mass is 9.98. The summed E-state index contributed by atoms with van der Waals surface area (Å²) in [6, 6.07) is 3.06. The van der Waals surface area contributed by atoms with Crippen LogP contribution in [0.25, 0.3) is 0 Å². The molecule has 98 valence electrons. The zero-order valence-corrected chi connectivity index (χ0v) is 10.8. The van der Waals surface area contributed by atoms with Crippen LogP contribution in [0.3, 0.4) is 0 Å².